The highest BCUT2D eigenvalue weighted by molar-refractivity contribution is 9.15. The molecule has 2 N–H and O–H groups in total. The van der Waals surface area contributed by atoms with Gasteiger partial charge in [0.05, 0.1) is 25.4 Å². The number of carbonyl (C=O) groups is 2. The molecule has 0 spiro atoms. The van der Waals surface area contributed by atoms with Crippen molar-refractivity contribution in [3.05, 3.63) is 65.0 Å². The Morgan fingerprint density at radius 3 is 2.86 bits per heavy atom. The van der Waals surface area contributed by atoms with E-state index in [2.05, 4.69) is 21.2 Å². The monoisotopic (exact) mass is 462 g/mol. The first kappa shape index (κ1) is 21.0. The van der Waals surface area contributed by atoms with E-state index in [0.29, 0.717) is 15.7 Å². The lowest BCUT2D eigenvalue weighted by Crippen LogP contribution is -2.33. The van der Waals surface area contributed by atoms with E-state index in [9.17, 15) is 19.1 Å². The first-order valence-corrected chi connectivity index (χ1v) is 9.76. The van der Waals surface area contributed by atoms with Gasteiger partial charge in [-0.25, -0.2) is 9.18 Å². The molecule has 152 valence electrons. The molecule has 1 aliphatic rings. The maximum Gasteiger partial charge on any atom is 0.414 e. The average molecular weight is 463 g/mol. The van der Waals surface area contributed by atoms with Gasteiger partial charge >= 0.3 is 6.09 Å². The average Bonchev–Trinajstić information content (AvgIpc) is 3.08. The highest BCUT2D eigenvalue weighted by atomic mass is 79.9. The SMILES string of the molecule is CC(=O)NC[C@H]1CN(c2ccc(/C=C(\Br)c3cccc(CO)c3)c(F)c2)C(=O)O1. The number of ether oxygens (including phenoxy) is 1. The van der Waals surface area contributed by atoms with Crippen LogP contribution in [-0.4, -0.2) is 36.3 Å². The van der Waals surface area contributed by atoms with Gasteiger partial charge in [-0.2, -0.15) is 0 Å². The molecular weight excluding hydrogens is 443 g/mol. The van der Waals surface area contributed by atoms with Crippen LogP contribution in [0.2, 0.25) is 0 Å². The zero-order valence-electron chi connectivity index (χ0n) is 15.7. The Kier molecular flexibility index (Phi) is 6.66. The Morgan fingerprint density at radius 2 is 2.17 bits per heavy atom. The lowest BCUT2D eigenvalue weighted by atomic mass is 10.1. The molecule has 1 heterocycles. The summed E-state index contributed by atoms with van der Waals surface area (Å²) in [7, 11) is 0. The third-order valence-corrected chi connectivity index (χ3v) is 5.10. The van der Waals surface area contributed by atoms with Crippen LogP contribution in [0.15, 0.2) is 42.5 Å². The maximum absolute atomic E-state index is 14.7. The van der Waals surface area contributed by atoms with E-state index >= 15 is 0 Å². The molecule has 29 heavy (non-hydrogen) atoms. The van der Waals surface area contributed by atoms with Gasteiger partial charge in [-0.05, 0) is 41.5 Å². The minimum Gasteiger partial charge on any atom is -0.442 e. The highest BCUT2D eigenvalue weighted by Crippen LogP contribution is 2.29. The summed E-state index contributed by atoms with van der Waals surface area (Å²) in [4.78, 5) is 24.4. The quantitative estimate of drug-likeness (QED) is 0.641. The Morgan fingerprint density at radius 1 is 1.38 bits per heavy atom. The molecule has 2 aromatic carbocycles. The van der Waals surface area contributed by atoms with Crippen LogP contribution in [0.3, 0.4) is 0 Å². The highest BCUT2D eigenvalue weighted by Gasteiger charge is 2.32. The van der Waals surface area contributed by atoms with Gasteiger partial charge in [0.1, 0.15) is 11.9 Å². The number of aliphatic hydroxyl groups excluding tert-OH is 1. The van der Waals surface area contributed by atoms with Crippen LogP contribution in [0.4, 0.5) is 14.9 Å². The van der Waals surface area contributed by atoms with Crippen LogP contribution in [0, 0.1) is 5.82 Å². The van der Waals surface area contributed by atoms with Gasteiger partial charge < -0.3 is 15.2 Å². The van der Waals surface area contributed by atoms with Crippen molar-refractivity contribution in [2.24, 2.45) is 0 Å². The van der Waals surface area contributed by atoms with Crippen LogP contribution in [0.1, 0.15) is 23.6 Å². The van der Waals surface area contributed by atoms with Gasteiger partial charge in [0.25, 0.3) is 0 Å². The summed E-state index contributed by atoms with van der Waals surface area (Å²) < 4.78 is 20.5. The third kappa shape index (κ3) is 5.21. The van der Waals surface area contributed by atoms with Crippen molar-refractivity contribution in [3.8, 4) is 0 Å². The van der Waals surface area contributed by atoms with Crippen LogP contribution >= 0.6 is 15.9 Å². The van der Waals surface area contributed by atoms with Crippen molar-refractivity contribution < 1.29 is 23.8 Å². The molecule has 0 bridgehead atoms. The summed E-state index contributed by atoms with van der Waals surface area (Å²) in [5.41, 5.74) is 2.29. The number of carbonyl (C=O) groups excluding carboxylic acids is 2. The first-order valence-electron chi connectivity index (χ1n) is 8.97. The molecule has 0 aromatic heterocycles. The molecule has 1 atom stereocenters. The van der Waals surface area contributed by atoms with E-state index in [1.165, 1.54) is 17.9 Å². The second-order valence-corrected chi connectivity index (χ2v) is 7.46. The molecule has 2 amide bonds. The molecular formula is C21H20BrFN2O4. The van der Waals surface area contributed by atoms with Crippen molar-refractivity contribution in [2.75, 3.05) is 18.0 Å². The van der Waals surface area contributed by atoms with E-state index in [1.54, 1.807) is 24.3 Å². The van der Waals surface area contributed by atoms with Crippen LogP contribution < -0.4 is 10.2 Å². The summed E-state index contributed by atoms with van der Waals surface area (Å²) in [5, 5.41) is 11.9. The summed E-state index contributed by atoms with van der Waals surface area (Å²) in [6, 6.07) is 11.8. The zero-order valence-corrected chi connectivity index (χ0v) is 17.3. The van der Waals surface area contributed by atoms with Gasteiger partial charge in [-0.15, -0.1) is 0 Å². The first-order chi connectivity index (χ1) is 13.9. The molecule has 0 saturated carbocycles. The molecule has 6 nitrogen and oxygen atoms in total. The van der Waals surface area contributed by atoms with Crippen molar-refractivity contribution in [1.29, 1.82) is 0 Å². The lowest BCUT2D eigenvalue weighted by Gasteiger charge is -2.14. The Labute approximate surface area is 176 Å². The normalized spacial score (nSPS) is 16.7. The number of rotatable bonds is 6. The zero-order chi connectivity index (χ0) is 21.0. The largest absolute Gasteiger partial charge is 0.442 e. The van der Waals surface area contributed by atoms with E-state index in [1.807, 2.05) is 18.2 Å². The fraction of sp³-hybridized carbons (Fsp3) is 0.238. The van der Waals surface area contributed by atoms with Crippen LogP contribution in [-0.2, 0) is 16.1 Å². The van der Waals surface area contributed by atoms with Crippen LogP contribution in [0.25, 0.3) is 10.6 Å². The Hall–Kier alpha value is -2.71. The van der Waals surface area contributed by atoms with Gasteiger partial charge in [-0.3, -0.25) is 9.69 Å². The number of nitrogens with zero attached hydrogens (tertiary/aromatic N) is 1. The van der Waals surface area contributed by atoms with Crippen molar-refractivity contribution in [1.82, 2.24) is 5.32 Å². The van der Waals surface area contributed by atoms with E-state index in [4.69, 9.17) is 4.74 Å². The number of benzene rings is 2. The molecule has 2 aromatic rings. The standard InChI is InChI=1S/C21H20BrFN2O4/c1-13(27)24-10-18-11-25(21(28)29-18)17-6-5-16(20(23)9-17)8-19(22)15-4-2-3-14(7-15)12-26/h2-9,18,26H,10-12H2,1H3,(H,24,27)/b19-8-/t18-/m0/s1. The van der Waals surface area contributed by atoms with E-state index < -0.39 is 18.0 Å². The van der Waals surface area contributed by atoms with Gasteiger partial charge in [-0.1, -0.05) is 34.1 Å². The predicted molar refractivity (Wildman–Crippen MR) is 112 cm³/mol. The second-order valence-electron chi connectivity index (χ2n) is 6.61. The summed E-state index contributed by atoms with van der Waals surface area (Å²) in [5.74, 6) is -0.701. The minimum absolute atomic E-state index is 0.0773. The number of hydrogen-bond donors (Lipinski definition) is 2. The Balaban J connectivity index is 1.76. The topological polar surface area (TPSA) is 78.9 Å². The molecule has 1 aliphatic heterocycles. The fourth-order valence-electron chi connectivity index (χ4n) is 2.94. The predicted octanol–water partition coefficient (Wildman–Crippen LogP) is 3.67. The van der Waals surface area contributed by atoms with Gasteiger partial charge in [0.15, 0.2) is 0 Å². The van der Waals surface area contributed by atoms with Crippen molar-refractivity contribution in [3.63, 3.8) is 0 Å². The number of amides is 2. The fourth-order valence-corrected chi connectivity index (χ4v) is 3.43. The lowest BCUT2D eigenvalue weighted by molar-refractivity contribution is -0.119. The molecule has 0 aliphatic carbocycles. The number of anilines is 1. The molecule has 0 unspecified atom stereocenters. The second kappa shape index (κ2) is 9.19. The number of hydrogen-bond acceptors (Lipinski definition) is 4. The smallest absolute Gasteiger partial charge is 0.414 e. The van der Waals surface area contributed by atoms with Crippen molar-refractivity contribution >= 4 is 44.2 Å². The van der Waals surface area contributed by atoms with E-state index in [0.717, 1.165) is 11.1 Å². The molecule has 0 radical (unpaired) electrons. The molecule has 1 saturated heterocycles. The number of cyclic esters (lactones) is 1. The molecule has 3 rings (SSSR count). The maximum atomic E-state index is 14.7. The van der Waals surface area contributed by atoms with Gasteiger partial charge in [0.2, 0.25) is 5.91 Å². The summed E-state index contributed by atoms with van der Waals surface area (Å²) in [6.45, 7) is 1.74. The molecule has 8 heteroatoms. The Bertz CT molecular complexity index is 963. The summed E-state index contributed by atoms with van der Waals surface area (Å²) in [6.07, 6.45) is 0.573. The third-order valence-electron chi connectivity index (χ3n) is 4.42. The van der Waals surface area contributed by atoms with Gasteiger partial charge in [0, 0.05) is 17.0 Å². The number of nitrogens with one attached hydrogen (secondary N) is 1. The number of aliphatic hydroxyl groups is 1. The molecule has 1 fully saturated rings. The number of halogens is 2. The van der Waals surface area contributed by atoms with Crippen LogP contribution in [0.5, 0.6) is 0 Å². The minimum atomic E-state index is -0.579. The summed E-state index contributed by atoms with van der Waals surface area (Å²) >= 11 is 3.45. The van der Waals surface area contributed by atoms with Crippen molar-refractivity contribution in [2.45, 2.75) is 19.6 Å². The van der Waals surface area contributed by atoms with E-state index in [-0.39, 0.29) is 25.6 Å².